The summed E-state index contributed by atoms with van der Waals surface area (Å²) < 4.78 is 10.5. The second kappa shape index (κ2) is 6.50. The highest BCUT2D eigenvalue weighted by molar-refractivity contribution is 5.76. The summed E-state index contributed by atoms with van der Waals surface area (Å²) in [6.45, 7) is 5.43. The molecule has 0 spiro atoms. The maximum Gasteiger partial charge on any atom is 0.324 e. The van der Waals surface area contributed by atoms with Crippen LogP contribution in [0.3, 0.4) is 0 Å². The molecule has 5 nitrogen and oxygen atoms in total. The van der Waals surface area contributed by atoms with Crippen molar-refractivity contribution in [2.24, 2.45) is 0 Å². The monoisotopic (exact) mass is 256 g/mol. The van der Waals surface area contributed by atoms with E-state index in [9.17, 15) is 4.79 Å². The highest BCUT2D eigenvalue weighted by Gasteiger charge is 2.31. The minimum Gasteiger partial charge on any atom is -0.468 e. The summed E-state index contributed by atoms with van der Waals surface area (Å²) in [5, 5.41) is 3.36. The normalized spacial score (nSPS) is 26.9. The third kappa shape index (κ3) is 3.93. The lowest BCUT2D eigenvalue weighted by Crippen LogP contribution is -2.52. The molecule has 1 aliphatic heterocycles. The average molecular weight is 256 g/mol. The van der Waals surface area contributed by atoms with Gasteiger partial charge in [-0.3, -0.25) is 9.69 Å². The van der Waals surface area contributed by atoms with E-state index in [0.717, 1.165) is 32.7 Å². The number of nitrogens with zero attached hydrogens (tertiary/aromatic N) is 1. The highest BCUT2D eigenvalue weighted by Crippen LogP contribution is 2.20. The van der Waals surface area contributed by atoms with Crippen LogP contribution >= 0.6 is 0 Å². The number of carbonyl (C=O) groups is 1. The Balaban J connectivity index is 1.84. The zero-order valence-electron chi connectivity index (χ0n) is 11.4. The van der Waals surface area contributed by atoms with Crippen molar-refractivity contribution in [2.75, 3.05) is 33.4 Å². The van der Waals surface area contributed by atoms with Gasteiger partial charge in [-0.05, 0) is 19.3 Å². The molecule has 2 fully saturated rings. The van der Waals surface area contributed by atoms with Gasteiger partial charge in [0.1, 0.15) is 6.04 Å². The van der Waals surface area contributed by atoms with Crippen molar-refractivity contribution in [3.05, 3.63) is 0 Å². The molecule has 1 saturated heterocycles. The van der Waals surface area contributed by atoms with E-state index in [-0.39, 0.29) is 12.0 Å². The van der Waals surface area contributed by atoms with Crippen LogP contribution in [0, 0.1) is 0 Å². The minimum atomic E-state index is -0.196. The van der Waals surface area contributed by atoms with E-state index in [1.54, 1.807) is 0 Å². The number of ether oxygens (including phenoxy) is 2. The van der Waals surface area contributed by atoms with Gasteiger partial charge in [0.15, 0.2) is 0 Å². The van der Waals surface area contributed by atoms with Crippen LogP contribution in [-0.2, 0) is 14.3 Å². The van der Waals surface area contributed by atoms with Gasteiger partial charge in [0.2, 0.25) is 0 Å². The topological polar surface area (TPSA) is 50.8 Å². The molecule has 18 heavy (non-hydrogen) atoms. The SMILES string of the molecule is CCC1CN(CC(NC2CC2)C(=O)OC)CCO1. The molecule has 0 amide bonds. The van der Waals surface area contributed by atoms with Crippen LogP contribution in [0.1, 0.15) is 26.2 Å². The predicted octanol–water partition coefficient (Wildman–Crippen LogP) is 0.391. The van der Waals surface area contributed by atoms with Gasteiger partial charge in [0.05, 0.1) is 19.8 Å². The summed E-state index contributed by atoms with van der Waals surface area (Å²) >= 11 is 0. The Morgan fingerprint density at radius 2 is 2.33 bits per heavy atom. The first-order valence-electron chi connectivity index (χ1n) is 6.90. The molecule has 2 atom stereocenters. The van der Waals surface area contributed by atoms with Gasteiger partial charge >= 0.3 is 5.97 Å². The van der Waals surface area contributed by atoms with E-state index in [1.807, 2.05) is 0 Å². The van der Waals surface area contributed by atoms with E-state index < -0.39 is 0 Å². The quantitative estimate of drug-likeness (QED) is 0.697. The lowest BCUT2D eigenvalue weighted by Gasteiger charge is -2.34. The third-order valence-electron chi connectivity index (χ3n) is 3.62. The van der Waals surface area contributed by atoms with Gasteiger partial charge in [-0.2, -0.15) is 0 Å². The average Bonchev–Trinajstić information content (AvgIpc) is 3.21. The molecule has 1 heterocycles. The number of carbonyl (C=O) groups excluding carboxylic acids is 1. The largest absolute Gasteiger partial charge is 0.468 e. The minimum absolute atomic E-state index is 0.151. The molecule has 0 aromatic rings. The van der Waals surface area contributed by atoms with E-state index in [1.165, 1.54) is 20.0 Å². The Morgan fingerprint density at radius 1 is 1.56 bits per heavy atom. The van der Waals surface area contributed by atoms with E-state index in [4.69, 9.17) is 9.47 Å². The van der Waals surface area contributed by atoms with Crippen LogP contribution in [-0.4, -0.2) is 62.4 Å². The zero-order chi connectivity index (χ0) is 13.0. The smallest absolute Gasteiger partial charge is 0.324 e. The lowest BCUT2D eigenvalue weighted by molar-refractivity contribution is -0.144. The van der Waals surface area contributed by atoms with Gasteiger partial charge in [-0.15, -0.1) is 0 Å². The Bertz CT molecular complexity index is 281. The summed E-state index contributed by atoms with van der Waals surface area (Å²) in [7, 11) is 1.46. The Kier molecular flexibility index (Phi) is 4.97. The van der Waals surface area contributed by atoms with E-state index in [0.29, 0.717) is 12.1 Å². The van der Waals surface area contributed by atoms with Crippen molar-refractivity contribution < 1.29 is 14.3 Å². The molecule has 0 radical (unpaired) electrons. The van der Waals surface area contributed by atoms with E-state index >= 15 is 0 Å². The molecular formula is C13H24N2O3. The summed E-state index contributed by atoms with van der Waals surface area (Å²) in [6.07, 6.45) is 3.68. The van der Waals surface area contributed by atoms with Crippen molar-refractivity contribution >= 4 is 5.97 Å². The second-order valence-electron chi connectivity index (χ2n) is 5.18. The summed E-state index contributed by atoms with van der Waals surface area (Å²) in [6, 6.07) is 0.315. The van der Waals surface area contributed by atoms with Gasteiger partial charge in [-0.1, -0.05) is 6.92 Å². The number of esters is 1. The molecule has 5 heteroatoms. The molecule has 1 saturated carbocycles. The van der Waals surface area contributed by atoms with Crippen molar-refractivity contribution in [1.82, 2.24) is 10.2 Å². The Labute approximate surface area is 109 Å². The molecule has 2 unspecified atom stereocenters. The van der Waals surface area contributed by atoms with Gasteiger partial charge in [0, 0.05) is 25.7 Å². The summed E-state index contributed by atoms with van der Waals surface area (Å²) in [5.41, 5.74) is 0. The van der Waals surface area contributed by atoms with Gasteiger partial charge in [0.25, 0.3) is 0 Å². The van der Waals surface area contributed by atoms with Crippen molar-refractivity contribution in [3.63, 3.8) is 0 Å². The van der Waals surface area contributed by atoms with Crippen molar-refractivity contribution in [2.45, 2.75) is 44.4 Å². The number of rotatable bonds is 6. The third-order valence-corrected chi connectivity index (χ3v) is 3.62. The molecule has 0 bridgehead atoms. The number of nitrogens with one attached hydrogen (secondary N) is 1. The fourth-order valence-electron chi connectivity index (χ4n) is 2.32. The van der Waals surface area contributed by atoms with Crippen LogP contribution in [0.25, 0.3) is 0 Å². The van der Waals surface area contributed by atoms with Crippen LogP contribution in [0.5, 0.6) is 0 Å². The summed E-state index contributed by atoms with van der Waals surface area (Å²) in [4.78, 5) is 14.1. The Morgan fingerprint density at radius 3 is 2.94 bits per heavy atom. The maximum absolute atomic E-state index is 11.8. The van der Waals surface area contributed by atoms with Gasteiger partial charge in [-0.25, -0.2) is 0 Å². The van der Waals surface area contributed by atoms with Crippen molar-refractivity contribution in [3.8, 4) is 0 Å². The molecule has 0 aromatic heterocycles. The number of hydrogen-bond acceptors (Lipinski definition) is 5. The van der Waals surface area contributed by atoms with Crippen molar-refractivity contribution in [1.29, 1.82) is 0 Å². The second-order valence-corrected chi connectivity index (χ2v) is 5.18. The van der Waals surface area contributed by atoms with Crippen LogP contribution in [0.15, 0.2) is 0 Å². The zero-order valence-corrected chi connectivity index (χ0v) is 11.4. The van der Waals surface area contributed by atoms with Crippen LogP contribution in [0.2, 0.25) is 0 Å². The first kappa shape index (κ1) is 13.8. The first-order valence-corrected chi connectivity index (χ1v) is 6.90. The predicted molar refractivity (Wildman–Crippen MR) is 68.4 cm³/mol. The fraction of sp³-hybridized carbons (Fsp3) is 0.923. The number of hydrogen-bond donors (Lipinski definition) is 1. The highest BCUT2D eigenvalue weighted by atomic mass is 16.5. The molecule has 0 aromatic carbocycles. The van der Waals surface area contributed by atoms with Crippen LogP contribution in [0.4, 0.5) is 0 Å². The van der Waals surface area contributed by atoms with Crippen LogP contribution < -0.4 is 5.32 Å². The molecule has 2 aliphatic rings. The van der Waals surface area contributed by atoms with Gasteiger partial charge < -0.3 is 14.8 Å². The Hall–Kier alpha value is -0.650. The number of morpholine rings is 1. The van der Waals surface area contributed by atoms with E-state index in [2.05, 4.69) is 17.1 Å². The fourth-order valence-corrected chi connectivity index (χ4v) is 2.32. The molecule has 1 N–H and O–H groups in total. The molecular weight excluding hydrogens is 232 g/mol. The number of methoxy groups -OCH3 is 1. The maximum atomic E-state index is 11.8. The molecule has 2 rings (SSSR count). The standard InChI is InChI=1S/C13H24N2O3/c1-3-11-8-15(6-7-18-11)9-12(13(16)17-2)14-10-4-5-10/h10-12,14H,3-9H2,1-2H3. The molecule has 104 valence electrons. The lowest BCUT2D eigenvalue weighted by atomic mass is 10.2. The molecule has 1 aliphatic carbocycles. The summed E-state index contributed by atoms with van der Waals surface area (Å²) in [5.74, 6) is -0.151. The first-order chi connectivity index (χ1) is 8.72.